The standard InChI is InChI=1S/C24H26BrN5O2/c1-28(16-17-2-8-20(9-3-17)29-12-14-32-15-13-29)24(31)22-23(18-4-5-18)30(27-26-22)21-10-6-19(25)7-11-21/h2-3,6-11,18H,4-5,12-16H2,1H3. The highest BCUT2D eigenvalue weighted by molar-refractivity contribution is 9.10. The molecule has 0 unspecified atom stereocenters. The van der Waals surface area contributed by atoms with Crippen LogP contribution in [0, 0.1) is 0 Å². The fraction of sp³-hybridized carbons (Fsp3) is 0.375. The van der Waals surface area contributed by atoms with E-state index < -0.39 is 0 Å². The number of hydrogen-bond acceptors (Lipinski definition) is 5. The second-order valence-corrected chi connectivity index (χ2v) is 9.33. The summed E-state index contributed by atoms with van der Waals surface area (Å²) in [6.07, 6.45) is 2.13. The van der Waals surface area contributed by atoms with E-state index in [-0.39, 0.29) is 5.91 Å². The van der Waals surface area contributed by atoms with E-state index in [1.54, 1.807) is 4.90 Å². The van der Waals surface area contributed by atoms with Crippen LogP contribution in [0.1, 0.15) is 40.5 Å². The normalized spacial score (nSPS) is 16.2. The van der Waals surface area contributed by atoms with Gasteiger partial charge >= 0.3 is 0 Å². The smallest absolute Gasteiger partial charge is 0.276 e. The number of nitrogens with zero attached hydrogens (tertiary/aromatic N) is 5. The predicted molar refractivity (Wildman–Crippen MR) is 126 cm³/mol. The highest BCUT2D eigenvalue weighted by atomic mass is 79.9. The van der Waals surface area contributed by atoms with Crippen molar-refractivity contribution in [3.63, 3.8) is 0 Å². The second kappa shape index (κ2) is 9.03. The maximum absolute atomic E-state index is 13.3. The zero-order valence-electron chi connectivity index (χ0n) is 18.1. The van der Waals surface area contributed by atoms with Crippen molar-refractivity contribution in [1.82, 2.24) is 19.9 Å². The first-order chi connectivity index (χ1) is 15.6. The highest BCUT2D eigenvalue weighted by Crippen LogP contribution is 2.42. The van der Waals surface area contributed by atoms with Crippen LogP contribution in [0.25, 0.3) is 5.69 Å². The van der Waals surface area contributed by atoms with Crippen LogP contribution in [0.4, 0.5) is 5.69 Å². The molecule has 0 bridgehead atoms. The number of rotatable bonds is 6. The molecule has 0 radical (unpaired) electrons. The minimum atomic E-state index is -0.0903. The summed E-state index contributed by atoms with van der Waals surface area (Å²) in [5.74, 6) is 0.251. The molecule has 7 nitrogen and oxygen atoms in total. The van der Waals surface area contributed by atoms with Crippen molar-refractivity contribution in [2.45, 2.75) is 25.3 Å². The third-order valence-corrected chi connectivity index (χ3v) is 6.55. The van der Waals surface area contributed by atoms with Crippen molar-refractivity contribution in [3.05, 3.63) is 70.0 Å². The number of anilines is 1. The lowest BCUT2D eigenvalue weighted by Crippen LogP contribution is -2.36. The van der Waals surface area contributed by atoms with Gasteiger partial charge in [-0.15, -0.1) is 5.10 Å². The quantitative estimate of drug-likeness (QED) is 0.516. The average Bonchev–Trinajstić information content (AvgIpc) is 3.58. The first-order valence-electron chi connectivity index (χ1n) is 11.0. The molecule has 5 rings (SSSR count). The molecule has 1 aromatic heterocycles. The topological polar surface area (TPSA) is 63.5 Å². The molecule has 0 atom stereocenters. The van der Waals surface area contributed by atoms with E-state index in [0.717, 1.165) is 60.6 Å². The van der Waals surface area contributed by atoms with Gasteiger partial charge in [-0.05, 0) is 54.8 Å². The van der Waals surface area contributed by atoms with E-state index in [4.69, 9.17) is 4.74 Å². The number of ether oxygens (including phenoxy) is 1. The van der Waals surface area contributed by atoms with E-state index in [0.29, 0.717) is 18.2 Å². The van der Waals surface area contributed by atoms with Crippen LogP contribution in [-0.4, -0.2) is 59.2 Å². The summed E-state index contributed by atoms with van der Waals surface area (Å²) in [6, 6.07) is 16.3. The van der Waals surface area contributed by atoms with Gasteiger partial charge in [0.2, 0.25) is 0 Å². The Morgan fingerprint density at radius 3 is 2.38 bits per heavy atom. The summed E-state index contributed by atoms with van der Waals surface area (Å²) in [4.78, 5) is 17.3. The van der Waals surface area contributed by atoms with Crippen molar-refractivity contribution in [2.24, 2.45) is 0 Å². The molecule has 1 amide bonds. The zero-order chi connectivity index (χ0) is 22.1. The Morgan fingerprint density at radius 1 is 1.06 bits per heavy atom. The number of carbonyl (C=O) groups excluding carboxylic acids is 1. The van der Waals surface area contributed by atoms with E-state index in [1.165, 1.54) is 5.69 Å². The first-order valence-corrected chi connectivity index (χ1v) is 11.8. The van der Waals surface area contributed by atoms with Gasteiger partial charge in [-0.1, -0.05) is 33.3 Å². The highest BCUT2D eigenvalue weighted by Gasteiger charge is 2.35. The fourth-order valence-electron chi connectivity index (χ4n) is 4.10. The number of amides is 1. The molecule has 1 aliphatic carbocycles. The number of halogens is 1. The summed E-state index contributed by atoms with van der Waals surface area (Å²) in [5.41, 5.74) is 4.59. The van der Waals surface area contributed by atoms with Gasteiger partial charge in [0.25, 0.3) is 5.91 Å². The Bertz CT molecular complexity index is 1090. The van der Waals surface area contributed by atoms with E-state index in [1.807, 2.05) is 36.0 Å². The zero-order valence-corrected chi connectivity index (χ0v) is 19.7. The molecular weight excluding hydrogens is 470 g/mol. The number of benzene rings is 2. The van der Waals surface area contributed by atoms with Crippen molar-refractivity contribution in [1.29, 1.82) is 0 Å². The van der Waals surface area contributed by atoms with Crippen molar-refractivity contribution >= 4 is 27.5 Å². The number of morpholine rings is 1. The summed E-state index contributed by atoms with van der Waals surface area (Å²) in [6.45, 7) is 3.88. The molecule has 8 heteroatoms. The van der Waals surface area contributed by atoms with Gasteiger partial charge in [0.1, 0.15) is 0 Å². The Balaban J connectivity index is 1.32. The van der Waals surface area contributed by atoms with Gasteiger partial charge in [-0.25, -0.2) is 4.68 Å². The Labute approximate surface area is 196 Å². The maximum atomic E-state index is 13.3. The third-order valence-electron chi connectivity index (χ3n) is 6.02. The number of aromatic nitrogens is 3. The maximum Gasteiger partial charge on any atom is 0.276 e. The number of hydrogen-bond donors (Lipinski definition) is 0. The van der Waals surface area contributed by atoms with Crippen LogP contribution in [-0.2, 0) is 11.3 Å². The monoisotopic (exact) mass is 495 g/mol. The van der Waals surface area contributed by atoms with Gasteiger partial charge in [0.05, 0.1) is 24.6 Å². The van der Waals surface area contributed by atoms with Gasteiger partial charge < -0.3 is 14.5 Å². The van der Waals surface area contributed by atoms with E-state index in [2.05, 4.69) is 55.4 Å². The largest absolute Gasteiger partial charge is 0.378 e. The van der Waals surface area contributed by atoms with Gasteiger partial charge in [0.15, 0.2) is 5.69 Å². The molecular formula is C24H26BrN5O2. The molecule has 3 aromatic rings. The van der Waals surface area contributed by atoms with Crippen LogP contribution >= 0.6 is 15.9 Å². The molecule has 0 N–H and O–H groups in total. The SMILES string of the molecule is CN(Cc1ccc(N2CCOCC2)cc1)C(=O)c1nnn(-c2ccc(Br)cc2)c1C1CC1. The molecule has 166 valence electrons. The fourth-order valence-corrected chi connectivity index (χ4v) is 4.36. The minimum absolute atomic E-state index is 0.0903. The lowest BCUT2D eigenvalue weighted by molar-refractivity contribution is 0.0778. The molecule has 32 heavy (non-hydrogen) atoms. The van der Waals surface area contributed by atoms with Crippen LogP contribution < -0.4 is 4.90 Å². The Kier molecular flexibility index (Phi) is 5.97. The van der Waals surface area contributed by atoms with Crippen LogP contribution in [0.15, 0.2) is 53.0 Å². The van der Waals surface area contributed by atoms with Crippen LogP contribution in [0.2, 0.25) is 0 Å². The van der Waals surface area contributed by atoms with E-state index in [9.17, 15) is 4.79 Å². The van der Waals surface area contributed by atoms with Crippen molar-refractivity contribution < 1.29 is 9.53 Å². The van der Waals surface area contributed by atoms with Crippen LogP contribution in [0.3, 0.4) is 0 Å². The van der Waals surface area contributed by atoms with Crippen molar-refractivity contribution in [3.8, 4) is 5.69 Å². The summed E-state index contributed by atoms with van der Waals surface area (Å²) < 4.78 is 8.26. The van der Waals surface area contributed by atoms with Crippen molar-refractivity contribution in [2.75, 3.05) is 38.3 Å². The molecule has 1 aliphatic heterocycles. The van der Waals surface area contributed by atoms with Gasteiger partial charge in [-0.3, -0.25) is 4.79 Å². The lowest BCUT2D eigenvalue weighted by Gasteiger charge is -2.29. The molecule has 1 saturated carbocycles. The van der Waals surface area contributed by atoms with Crippen LogP contribution in [0.5, 0.6) is 0 Å². The average molecular weight is 496 g/mol. The summed E-state index contributed by atoms with van der Waals surface area (Å²) >= 11 is 3.47. The molecule has 1 saturated heterocycles. The number of carbonyl (C=O) groups is 1. The third kappa shape index (κ3) is 4.42. The summed E-state index contributed by atoms with van der Waals surface area (Å²) in [5, 5.41) is 8.64. The second-order valence-electron chi connectivity index (χ2n) is 8.41. The molecule has 2 aromatic carbocycles. The van der Waals surface area contributed by atoms with E-state index >= 15 is 0 Å². The Hall–Kier alpha value is -2.71. The summed E-state index contributed by atoms with van der Waals surface area (Å²) in [7, 11) is 1.83. The Morgan fingerprint density at radius 2 is 1.72 bits per heavy atom. The molecule has 2 heterocycles. The minimum Gasteiger partial charge on any atom is -0.378 e. The predicted octanol–water partition coefficient (Wildman–Crippen LogP) is 4.02. The van der Waals surface area contributed by atoms with Gasteiger partial charge in [-0.2, -0.15) is 0 Å². The molecule has 2 aliphatic rings. The van der Waals surface area contributed by atoms with Gasteiger partial charge in [0, 0.05) is 42.8 Å². The molecule has 0 spiro atoms. The first kappa shape index (κ1) is 21.2. The molecule has 2 fully saturated rings. The lowest BCUT2D eigenvalue weighted by atomic mass is 10.1.